The molecule has 0 unspecified atom stereocenters. The number of benzene rings is 2. The number of rotatable bonds is 6. The van der Waals surface area contributed by atoms with E-state index >= 15 is 0 Å². The number of hydrogen-bond donors (Lipinski definition) is 1. The van der Waals surface area contributed by atoms with Crippen LogP contribution in [0.2, 0.25) is 0 Å². The van der Waals surface area contributed by atoms with Crippen LogP contribution in [-0.2, 0) is 21.3 Å². The molecule has 1 aliphatic rings. The monoisotopic (exact) mass is 410 g/mol. The van der Waals surface area contributed by atoms with Gasteiger partial charge in [0.15, 0.2) is 0 Å². The second kappa shape index (κ2) is 8.69. The topological polar surface area (TPSA) is 84.4 Å². The predicted octanol–water partition coefficient (Wildman–Crippen LogP) is 2.46. The first kappa shape index (κ1) is 19.5. The van der Waals surface area contributed by atoms with Crippen LogP contribution < -0.4 is 9.62 Å². The van der Waals surface area contributed by atoms with E-state index in [1.807, 2.05) is 47.4 Å². The minimum absolute atomic E-state index is 0.0998. The van der Waals surface area contributed by atoms with Crippen molar-refractivity contribution < 1.29 is 13.2 Å². The zero-order valence-corrected chi connectivity index (χ0v) is 16.7. The fourth-order valence-corrected chi connectivity index (χ4v) is 4.11. The summed E-state index contributed by atoms with van der Waals surface area (Å²) in [5, 5.41) is 0. The van der Waals surface area contributed by atoms with Gasteiger partial charge in [-0.25, -0.2) is 23.1 Å². The molecule has 0 radical (unpaired) electrons. The van der Waals surface area contributed by atoms with Gasteiger partial charge in [-0.15, -0.1) is 0 Å². The molecule has 0 bridgehead atoms. The lowest BCUT2D eigenvalue weighted by molar-refractivity contribution is 0.122. The Balaban J connectivity index is 1.44. The molecule has 2 heterocycles. The highest BCUT2D eigenvalue weighted by Gasteiger charge is 2.16. The standard InChI is InChI=1S/C21H22N4O3S/c26-29(27,20-8-6-18(7-9-20)17-4-2-1-3-5-17)23-16-19-10-11-22-21(24-19)25-12-14-28-15-13-25/h1-11,23H,12-16H2. The maximum atomic E-state index is 12.7. The minimum atomic E-state index is -3.64. The Morgan fingerprint density at radius 3 is 2.34 bits per heavy atom. The van der Waals surface area contributed by atoms with E-state index < -0.39 is 10.0 Å². The Bertz CT molecular complexity index is 1050. The van der Waals surface area contributed by atoms with Crippen LogP contribution >= 0.6 is 0 Å². The third-order valence-corrected chi connectivity index (χ3v) is 6.13. The first-order valence-corrected chi connectivity index (χ1v) is 10.9. The molecule has 1 aromatic heterocycles. The third-order valence-electron chi connectivity index (χ3n) is 4.71. The molecule has 0 saturated carbocycles. The second-order valence-corrected chi connectivity index (χ2v) is 8.43. The summed E-state index contributed by atoms with van der Waals surface area (Å²) in [5.74, 6) is 0.595. The molecule has 2 aromatic carbocycles. The van der Waals surface area contributed by atoms with Gasteiger partial charge in [-0.1, -0.05) is 42.5 Å². The van der Waals surface area contributed by atoms with E-state index in [-0.39, 0.29) is 11.4 Å². The van der Waals surface area contributed by atoms with Gasteiger partial charge in [0, 0.05) is 19.3 Å². The zero-order chi connectivity index (χ0) is 20.1. The highest BCUT2D eigenvalue weighted by Crippen LogP contribution is 2.21. The number of nitrogens with zero attached hydrogens (tertiary/aromatic N) is 3. The van der Waals surface area contributed by atoms with Crippen LogP contribution in [0, 0.1) is 0 Å². The van der Waals surface area contributed by atoms with Crippen molar-refractivity contribution in [1.82, 2.24) is 14.7 Å². The molecule has 7 nitrogen and oxygen atoms in total. The normalized spacial score (nSPS) is 14.7. The number of ether oxygens (including phenoxy) is 1. The van der Waals surface area contributed by atoms with Crippen molar-refractivity contribution in [3.05, 3.63) is 72.6 Å². The van der Waals surface area contributed by atoms with Crippen molar-refractivity contribution in [1.29, 1.82) is 0 Å². The number of aromatic nitrogens is 2. The molecule has 0 amide bonds. The van der Waals surface area contributed by atoms with Crippen molar-refractivity contribution in [3.63, 3.8) is 0 Å². The number of nitrogens with one attached hydrogen (secondary N) is 1. The van der Waals surface area contributed by atoms with Crippen LogP contribution in [0.4, 0.5) is 5.95 Å². The maximum absolute atomic E-state index is 12.7. The molecule has 3 aromatic rings. The SMILES string of the molecule is O=S(=O)(NCc1ccnc(N2CCOCC2)n1)c1ccc(-c2ccccc2)cc1. The fourth-order valence-electron chi connectivity index (χ4n) is 3.11. The summed E-state index contributed by atoms with van der Waals surface area (Å²) in [6.45, 7) is 2.83. The first-order valence-electron chi connectivity index (χ1n) is 9.42. The Labute approximate surface area is 170 Å². The van der Waals surface area contributed by atoms with E-state index in [9.17, 15) is 8.42 Å². The third kappa shape index (κ3) is 4.79. The van der Waals surface area contributed by atoms with Gasteiger partial charge in [0.05, 0.1) is 30.3 Å². The molecule has 0 atom stereocenters. The van der Waals surface area contributed by atoms with Gasteiger partial charge in [0.1, 0.15) is 0 Å². The lowest BCUT2D eigenvalue weighted by Crippen LogP contribution is -2.37. The summed E-state index contributed by atoms with van der Waals surface area (Å²) in [5.41, 5.74) is 2.63. The van der Waals surface area contributed by atoms with Gasteiger partial charge in [-0.3, -0.25) is 0 Å². The number of sulfonamides is 1. The summed E-state index contributed by atoms with van der Waals surface area (Å²) >= 11 is 0. The van der Waals surface area contributed by atoms with E-state index in [0.717, 1.165) is 24.2 Å². The smallest absolute Gasteiger partial charge is 0.240 e. The number of morpholine rings is 1. The summed E-state index contributed by atoms with van der Waals surface area (Å²) < 4.78 is 33.3. The average Bonchev–Trinajstić information content (AvgIpc) is 2.79. The predicted molar refractivity (Wildman–Crippen MR) is 111 cm³/mol. The molecule has 8 heteroatoms. The summed E-state index contributed by atoms with van der Waals surface area (Å²) in [6.07, 6.45) is 1.65. The average molecular weight is 410 g/mol. The van der Waals surface area contributed by atoms with Crippen LogP contribution in [0.1, 0.15) is 5.69 Å². The molecule has 1 saturated heterocycles. The Hall–Kier alpha value is -2.81. The van der Waals surface area contributed by atoms with Gasteiger partial charge in [0.25, 0.3) is 0 Å². The van der Waals surface area contributed by atoms with E-state index in [4.69, 9.17) is 4.74 Å². The van der Waals surface area contributed by atoms with Crippen molar-refractivity contribution in [2.45, 2.75) is 11.4 Å². The highest BCUT2D eigenvalue weighted by molar-refractivity contribution is 7.89. The maximum Gasteiger partial charge on any atom is 0.240 e. The molecular weight excluding hydrogens is 388 g/mol. The highest BCUT2D eigenvalue weighted by atomic mass is 32.2. The number of anilines is 1. The second-order valence-electron chi connectivity index (χ2n) is 6.66. The van der Waals surface area contributed by atoms with Crippen LogP contribution in [0.5, 0.6) is 0 Å². The Morgan fingerprint density at radius 1 is 0.931 bits per heavy atom. The molecule has 29 heavy (non-hydrogen) atoms. The summed E-state index contributed by atoms with van der Waals surface area (Å²) in [6, 6.07) is 18.4. The lowest BCUT2D eigenvalue weighted by Gasteiger charge is -2.26. The fraction of sp³-hybridized carbons (Fsp3) is 0.238. The van der Waals surface area contributed by atoms with Crippen LogP contribution in [-0.4, -0.2) is 44.7 Å². The molecule has 4 rings (SSSR count). The van der Waals surface area contributed by atoms with E-state index in [1.54, 1.807) is 24.4 Å². The molecular formula is C21H22N4O3S. The Kier molecular flexibility index (Phi) is 5.84. The molecule has 1 aliphatic heterocycles. The summed E-state index contributed by atoms with van der Waals surface area (Å²) in [7, 11) is -3.64. The van der Waals surface area contributed by atoms with Crippen LogP contribution in [0.25, 0.3) is 11.1 Å². The molecule has 0 spiro atoms. The largest absolute Gasteiger partial charge is 0.378 e. The van der Waals surface area contributed by atoms with Crippen molar-refractivity contribution in [2.75, 3.05) is 31.2 Å². The van der Waals surface area contributed by atoms with E-state index in [1.165, 1.54) is 0 Å². The van der Waals surface area contributed by atoms with Crippen LogP contribution in [0.3, 0.4) is 0 Å². The zero-order valence-electron chi connectivity index (χ0n) is 15.9. The van der Waals surface area contributed by atoms with Gasteiger partial charge in [-0.2, -0.15) is 0 Å². The van der Waals surface area contributed by atoms with Gasteiger partial charge < -0.3 is 9.64 Å². The van der Waals surface area contributed by atoms with Crippen molar-refractivity contribution >= 4 is 16.0 Å². The quantitative estimate of drug-likeness (QED) is 0.672. The lowest BCUT2D eigenvalue weighted by atomic mass is 10.1. The van der Waals surface area contributed by atoms with Crippen molar-refractivity contribution in [2.24, 2.45) is 0 Å². The summed E-state index contributed by atoms with van der Waals surface area (Å²) in [4.78, 5) is 11.0. The van der Waals surface area contributed by atoms with Gasteiger partial charge in [-0.05, 0) is 29.3 Å². The van der Waals surface area contributed by atoms with Crippen molar-refractivity contribution in [3.8, 4) is 11.1 Å². The van der Waals surface area contributed by atoms with E-state index in [0.29, 0.717) is 24.9 Å². The molecule has 1 N–H and O–H groups in total. The minimum Gasteiger partial charge on any atom is -0.378 e. The number of hydrogen-bond acceptors (Lipinski definition) is 6. The molecule has 150 valence electrons. The molecule has 0 aliphatic carbocycles. The molecule has 1 fully saturated rings. The van der Waals surface area contributed by atoms with Crippen LogP contribution in [0.15, 0.2) is 71.8 Å². The van der Waals surface area contributed by atoms with Gasteiger partial charge in [0.2, 0.25) is 16.0 Å². The Morgan fingerprint density at radius 2 is 1.62 bits per heavy atom. The van der Waals surface area contributed by atoms with E-state index in [2.05, 4.69) is 14.7 Å². The first-order chi connectivity index (χ1) is 14.1. The van der Waals surface area contributed by atoms with Gasteiger partial charge >= 0.3 is 0 Å².